The van der Waals surface area contributed by atoms with Gasteiger partial charge in [0.25, 0.3) is 0 Å². The van der Waals surface area contributed by atoms with Crippen molar-refractivity contribution in [3.8, 4) is 11.1 Å². The maximum absolute atomic E-state index is 11.4. The van der Waals surface area contributed by atoms with E-state index in [2.05, 4.69) is 64.7 Å². The average molecular weight is 515 g/mol. The van der Waals surface area contributed by atoms with Crippen molar-refractivity contribution in [1.29, 1.82) is 0 Å². The molecule has 1 aliphatic rings. The Hall–Kier alpha value is -4.90. The van der Waals surface area contributed by atoms with Crippen molar-refractivity contribution in [3.63, 3.8) is 0 Å². The zero-order valence-corrected chi connectivity index (χ0v) is 22.4. The fourth-order valence-corrected chi connectivity index (χ4v) is 4.33. The minimum absolute atomic E-state index is 0.0646. The lowest BCUT2D eigenvalue weighted by molar-refractivity contribution is 0.101. The first-order valence-electron chi connectivity index (χ1n) is 13.0. The number of anilines is 2. The normalized spacial score (nSPS) is 12.5. The molecule has 5 nitrogen and oxygen atoms in total. The summed E-state index contributed by atoms with van der Waals surface area (Å²) in [6.07, 6.45) is 3.09. The smallest absolute Gasteiger partial charge is 0.159 e. The summed E-state index contributed by atoms with van der Waals surface area (Å²) in [5.74, 6) is 0.660. The molecule has 0 aromatic heterocycles. The van der Waals surface area contributed by atoms with Gasteiger partial charge in [0.15, 0.2) is 5.78 Å². The van der Waals surface area contributed by atoms with Crippen LogP contribution in [0.4, 0.5) is 11.4 Å². The Morgan fingerprint density at radius 3 is 2.18 bits per heavy atom. The fraction of sp³-hybridized carbons (Fsp3) is 0.118. The molecular weight excluding hydrogens is 480 g/mol. The van der Waals surface area contributed by atoms with E-state index in [0.29, 0.717) is 11.4 Å². The Kier molecular flexibility index (Phi) is 9.09. The van der Waals surface area contributed by atoms with Gasteiger partial charge in [0.05, 0.1) is 11.5 Å². The number of para-hydroxylation sites is 1. The number of nitrogens with zero attached hydrogens (tertiary/aromatic N) is 1. The van der Waals surface area contributed by atoms with Gasteiger partial charge < -0.3 is 16.4 Å². The highest BCUT2D eigenvalue weighted by Crippen LogP contribution is 2.29. The molecule has 5 rings (SSSR count). The molecule has 0 saturated heterocycles. The van der Waals surface area contributed by atoms with E-state index in [-0.39, 0.29) is 5.78 Å². The number of rotatable bonds is 6. The zero-order valence-electron chi connectivity index (χ0n) is 22.4. The van der Waals surface area contributed by atoms with Gasteiger partial charge in [-0.15, -0.1) is 0 Å². The van der Waals surface area contributed by atoms with Gasteiger partial charge in [-0.05, 0) is 61.7 Å². The Labute approximate surface area is 230 Å². The Morgan fingerprint density at radius 2 is 1.49 bits per heavy atom. The highest BCUT2D eigenvalue weighted by molar-refractivity contribution is 5.94. The highest BCUT2D eigenvalue weighted by Gasteiger charge is 2.10. The summed E-state index contributed by atoms with van der Waals surface area (Å²) in [7, 11) is 0. The van der Waals surface area contributed by atoms with E-state index in [4.69, 9.17) is 5.73 Å². The molecule has 0 aliphatic carbocycles. The van der Waals surface area contributed by atoms with Crippen molar-refractivity contribution in [1.82, 2.24) is 0 Å². The topological polar surface area (TPSA) is 79.5 Å². The van der Waals surface area contributed by atoms with Crippen molar-refractivity contribution in [2.75, 3.05) is 17.2 Å². The number of benzene rings is 4. The maximum Gasteiger partial charge on any atom is 0.159 e. The van der Waals surface area contributed by atoms with E-state index >= 15 is 0 Å². The number of hydrogen-bond acceptors (Lipinski definition) is 4. The van der Waals surface area contributed by atoms with Crippen LogP contribution in [0.2, 0.25) is 0 Å². The lowest BCUT2D eigenvalue weighted by Gasteiger charge is -2.14. The minimum atomic E-state index is 0.0646. The van der Waals surface area contributed by atoms with E-state index in [1.54, 1.807) is 6.92 Å². The molecule has 0 unspecified atom stereocenters. The number of hydrogen-bond donors (Lipinski definition) is 3. The molecule has 1 aliphatic heterocycles. The van der Waals surface area contributed by atoms with Crippen LogP contribution in [0.3, 0.4) is 0 Å². The third-order valence-corrected chi connectivity index (χ3v) is 6.22. The minimum Gasteiger partial charge on any atom is -0.387 e. The molecular formula is C34H34N4O. The first-order valence-corrected chi connectivity index (χ1v) is 13.0. The van der Waals surface area contributed by atoms with Crippen LogP contribution < -0.4 is 16.4 Å². The van der Waals surface area contributed by atoms with Gasteiger partial charge >= 0.3 is 0 Å². The SMILES string of the molecule is C=C(Nc1ccc(C(C)=O)cc1)c1ccccc1-c1ccccc1.CC(N)=NC1=CCCNc2ccccc21. The highest BCUT2D eigenvalue weighted by atomic mass is 16.1. The van der Waals surface area contributed by atoms with Crippen molar-refractivity contribution >= 4 is 34.4 Å². The number of nitrogens with one attached hydrogen (secondary N) is 2. The van der Waals surface area contributed by atoms with Crippen LogP contribution in [-0.2, 0) is 0 Å². The van der Waals surface area contributed by atoms with Crippen LogP contribution >= 0.6 is 0 Å². The lowest BCUT2D eigenvalue weighted by Crippen LogP contribution is -2.05. The fourth-order valence-electron chi connectivity index (χ4n) is 4.33. The van der Waals surface area contributed by atoms with Gasteiger partial charge in [0.2, 0.25) is 0 Å². The van der Waals surface area contributed by atoms with Crippen LogP contribution in [-0.4, -0.2) is 18.2 Å². The summed E-state index contributed by atoms with van der Waals surface area (Å²) >= 11 is 0. The molecule has 4 aromatic carbocycles. The molecule has 0 spiro atoms. The molecule has 0 bridgehead atoms. The third kappa shape index (κ3) is 7.33. The molecule has 0 fully saturated rings. The monoisotopic (exact) mass is 514 g/mol. The second-order valence-corrected chi connectivity index (χ2v) is 9.25. The van der Waals surface area contributed by atoms with E-state index in [1.807, 2.05) is 73.7 Å². The molecule has 196 valence electrons. The van der Waals surface area contributed by atoms with Crippen LogP contribution in [0, 0.1) is 0 Å². The summed E-state index contributed by atoms with van der Waals surface area (Å²) in [5, 5.41) is 6.69. The summed E-state index contributed by atoms with van der Waals surface area (Å²) in [5.41, 5.74) is 14.6. The van der Waals surface area contributed by atoms with Crippen molar-refractivity contribution in [2.45, 2.75) is 20.3 Å². The second-order valence-electron chi connectivity index (χ2n) is 9.25. The Bertz CT molecular complexity index is 1500. The summed E-state index contributed by atoms with van der Waals surface area (Å²) < 4.78 is 0. The molecule has 1 heterocycles. The van der Waals surface area contributed by atoms with Crippen LogP contribution in [0.25, 0.3) is 22.5 Å². The predicted octanol–water partition coefficient (Wildman–Crippen LogP) is 7.86. The lowest BCUT2D eigenvalue weighted by atomic mass is 9.98. The van der Waals surface area contributed by atoms with E-state index in [9.17, 15) is 4.79 Å². The van der Waals surface area contributed by atoms with Crippen LogP contribution in [0.5, 0.6) is 0 Å². The quantitative estimate of drug-likeness (QED) is 0.139. The number of carbonyl (C=O) groups is 1. The maximum atomic E-state index is 11.4. The Morgan fingerprint density at radius 1 is 0.846 bits per heavy atom. The van der Waals surface area contributed by atoms with Gasteiger partial charge in [-0.3, -0.25) is 4.79 Å². The number of fused-ring (bicyclic) bond motifs is 1. The summed E-state index contributed by atoms with van der Waals surface area (Å²) in [6.45, 7) is 8.50. The first kappa shape index (κ1) is 27.1. The number of carbonyl (C=O) groups excluding carboxylic acids is 1. The molecule has 0 radical (unpaired) electrons. The zero-order chi connectivity index (χ0) is 27.6. The van der Waals surface area contributed by atoms with E-state index < -0.39 is 0 Å². The van der Waals surface area contributed by atoms with Crippen molar-refractivity contribution < 1.29 is 4.79 Å². The number of Topliss-reactive ketones (excluding diaryl/α,β-unsaturated/α-hetero) is 1. The largest absolute Gasteiger partial charge is 0.387 e. The van der Waals surface area contributed by atoms with Crippen molar-refractivity contribution in [3.05, 3.63) is 132 Å². The summed E-state index contributed by atoms with van der Waals surface area (Å²) in [4.78, 5) is 15.7. The molecule has 39 heavy (non-hydrogen) atoms. The van der Waals surface area contributed by atoms with Gasteiger partial charge in [-0.1, -0.05) is 85.5 Å². The van der Waals surface area contributed by atoms with Gasteiger partial charge in [-0.25, -0.2) is 4.99 Å². The molecule has 4 aromatic rings. The van der Waals surface area contributed by atoms with Crippen LogP contribution in [0.1, 0.15) is 41.8 Å². The number of aliphatic imine (C=N–C) groups is 1. The molecule has 0 amide bonds. The van der Waals surface area contributed by atoms with Crippen LogP contribution in [0.15, 0.2) is 121 Å². The molecule has 5 heteroatoms. The van der Waals surface area contributed by atoms with E-state index in [0.717, 1.165) is 58.0 Å². The van der Waals surface area contributed by atoms with Gasteiger partial charge in [0, 0.05) is 40.3 Å². The number of amidine groups is 1. The summed E-state index contributed by atoms with van der Waals surface area (Å²) in [6, 6.07) is 34.0. The standard InChI is InChI=1S/C22H19NO.C12H15N3/c1-16(23-20-14-12-18(13-15-20)17(2)24)21-10-6-7-11-22(21)19-8-4-3-5-9-19;1-9(13)15-12-7-4-8-14-11-6-3-2-5-10(11)12/h3-15,23H,1H2,2H3;2-3,5-7,14H,4,8H2,1H3,(H2,13,15). The predicted molar refractivity (Wildman–Crippen MR) is 166 cm³/mol. The number of nitrogens with two attached hydrogens (primary N) is 1. The molecule has 0 atom stereocenters. The average Bonchev–Trinajstić information content (AvgIpc) is 3.16. The molecule has 0 saturated carbocycles. The van der Waals surface area contributed by atoms with E-state index in [1.165, 1.54) is 0 Å². The van der Waals surface area contributed by atoms with Gasteiger partial charge in [0.1, 0.15) is 0 Å². The molecule has 4 N–H and O–H groups in total. The third-order valence-electron chi connectivity index (χ3n) is 6.22. The first-order chi connectivity index (χ1) is 18.9. The Balaban J connectivity index is 0.000000202. The van der Waals surface area contributed by atoms with Gasteiger partial charge in [-0.2, -0.15) is 0 Å². The second kappa shape index (κ2) is 13.1. The number of ketones is 1. The van der Waals surface area contributed by atoms with Crippen molar-refractivity contribution in [2.24, 2.45) is 10.7 Å².